The van der Waals surface area contributed by atoms with E-state index in [1.165, 1.54) is 16.7 Å². The number of aryl methyl sites for hydroxylation is 3. The molecule has 1 heterocycles. The number of hydrogen-bond donors (Lipinski definition) is 2. The quantitative estimate of drug-likeness (QED) is 0.699. The van der Waals surface area contributed by atoms with Crippen LogP contribution in [0.15, 0.2) is 42.6 Å². The van der Waals surface area contributed by atoms with Gasteiger partial charge in [0.1, 0.15) is 0 Å². The Morgan fingerprint density at radius 2 is 1.68 bits per heavy atom. The minimum absolute atomic E-state index is 0.485. The van der Waals surface area contributed by atoms with E-state index in [-0.39, 0.29) is 0 Å². The molecule has 0 aliphatic rings. The Kier molecular flexibility index (Phi) is 4.93. The molecule has 0 aliphatic heterocycles. The van der Waals surface area contributed by atoms with Crippen molar-refractivity contribution in [3.8, 4) is 0 Å². The van der Waals surface area contributed by atoms with Gasteiger partial charge in [-0.2, -0.15) is 10.1 Å². The Balaban J connectivity index is 1.86. The molecule has 0 atom stereocenters. The van der Waals surface area contributed by atoms with Gasteiger partial charge in [-0.3, -0.25) is 0 Å². The number of anilines is 4. The Hall–Kier alpha value is -2.95. The van der Waals surface area contributed by atoms with Gasteiger partial charge in [0.15, 0.2) is 5.82 Å². The summed E-state index contributed by atoms with van der Waals surface area (Å²) in [7, 11) is 0. The molecule has 0 unspecified atom stereocenters. The molecule has 3 rings (SSSR count). The first-order chi connectivity index (χ1) is 12.1. The molecule has 0 bridgehead atoms. The molecule has 128 valence electrons. The van der Waals surface area contributed by atoms with Crippen LogP contribution in [0.25, 0.3) is 0 Å². The molecule has 5 heteroatoms. The summed E-state index contributed by atoms with van der Waals surface area (Å²) in [5.41, 5.74) is 6.90. The fourth-order valence-corrected chi connectivity index (χ4v) is 2.76. The summed E-state index contributed by atoms with van der Waals surface area (Å²) in [4.78, 5) is 4.55. The number of nitrogens with one attached hydrogen (secondary N) is 2. The first-order valence-electron chi connectivity index (χ1n) is 8.47. The lowest BCUT2D eigenvalue weighted by molar-refractivity contribution is 0.978. The third-order valence-corrected chi connectivity index (χ3v) is 4.40. The number of benzene rings is 2. The van der Waals surface area contributed by atoms with E-state index in [1.54, 1.807) is 6.20 Å². The zero-order valence-electron chi connectivity index (χ0n) is 15.1. The molecule has 0 saturated carbocycles. The van der Waals surface area contributed by atoms with Gasteiger partial charge in [0.2, 0.25) is 5.95 Å². The smallest absolute Gasteiger partial charge is 0.249 e. The van der Waals surface area contributed by atoms with Crippen LogP contribution in [-0.4, -0.2) is 15.2 Å². The van der Waals surface area contributed by atoms with Crippen molar-refractivity contribution >= 4 is 23.1 Å². The van der Waals surface area contributed by atoms with Crippen molar-refractivity contribution in [2.75, 3.05) is 10.6 Å². The zero-order valence-corrected chi connectivity index (χ0v) is 15.1. The monoisotopic (exact) mass is 333 g/mol. The normalized spacial score (nSPS) is 10.6. The predicted molar refractivity (Wildman–Crippen MR) is 103 cm³/mol. The van der Waals surface area contributed by atoms with E-state index in [1.807, 2.05) is 12.1 Å². The van der Waals surface area contributed by atoms with Crippen LogP contribution >= 0.6 is 0 Å². The maximum atomic E-state index is 4.55. The fraction of sp³-hybridized carbons (Fsp3) is 0.250. The first-order valence-corrected chi connectivity index (χ1v) is 8.47. The van der Waals surface area contributed by atoms with Crippen LogP contribution in [0, 0.1) is 20.8 Å². The van der Waals surface area contributed by atoms with E-state index in [2.05, 4.69) is 77.8 Å². The van der Waals surface area contributed by atoms with Crippen molar-refractivity contribution in [2.24, 2.45) is 0 Å². The average molecular weight is 333 g/mol. The molecule has 2 aromatic carbocycles. The van der Waals surface area contributed by atoms with Gasteiger partial charge in [-0.25, -0.2) is 0 Å². The molecule has 2 N–H and O–H groups in total. The van der Waals surface area contributed by atoms with E-state index in [9.17, 15) is 0 Å². The van der Waals surface area contributed by atoms with Gasteiger partial charge in [-0.05, 0) is 55.5 Å². The Morgan fingerprint density at radius 1 is 0.920 bits per heavy atom. The van der Waals surface area contributed by atoms with Gasteiger partial charge < -0.3 is 10.6 Å². The van der Waals surface area contributed by atoms with Crippen molar-refractivity contribution in [2.45, 2.75) is 34.1 Å². The topological polar surface area (TPSA) is 62.7 Å². The second-order valence-electron chi connectivity index (χ2n) is 6.13. The molecule has 5 nitrogen and oxygen atoms in total. The highest BCUT2D eigenvalue weighted by Gasteiger charge is 2.08. The van der Waals surface area contributed by atoms with Crippen molar-refractivity contribution in [1.29, 1.82) is 0 Å². The highest BCUT2D eigenvalue weighted by atomic mass is 15.3. The van der Waals surface area contributed by atoms with Gasteiger partial charge in [0, 0.05) is 11.4 Å². The van der Waals surface area contributed by atoms with Crippen LogP contribution < -0.4 is 10.6 Å². The lowest BCUT2D eigenvalue weighted by atomic mass is 10.1. The van der Waals surface area contributed by atoms with Crippen molar-refractivity contribution in [3.05, 3.63) is 64.8 Å². The lowest BCUT2D eigenvalue weighted by Crippen LogP contribution is -2.05. The maximum Gasteiger partial charge on any atom is 0.249 e. The first kappa shape index (κ1) is 16.9. The van der Waals surface area contributed by atoms with Gasteiger partial charge in [-0.1, -0.05) is 37.3 Å². The van der Waals surface area contributed by atoms with E-state index in [0.29, 0.717) is 11.8 Å². The van der Waals surface area contributed by atoms with Crippen LogP contribution in [0.2, 0.25) is 0 Å². The summed E-state index contributed by atoms with van der Waals surface area (Å²) < 4.78 is 0. The largest absolute Gasteiger partial charge is 0.339 e. The summed E-state index contributed by atoms with van der Waals surface area (Å²) >= 11 is 0. The molecule has 0 aliphatic carbocycles. The second-order valence-corrected chi connectivity index (χ2v) is 6.13. The summed E-state index contributed by atoms with van der Waals surface area (Å²) in [5, 5.41) is 14.8. The number of hydrogen-bond acceptors (Lipinski definition) is 5. The summed E-state index contributed by atoms with van der Waals surface area (Å²) in [5.74, 6) is 1.15. The van der Waals surface area contributed by atoms with E-state index in [0.717, 1.165) is 23.4 Å². The molecule has 0 spiro atoms. The molecular formula is C20H23N5. The molecule has 0 amide bonds. The van der Waals surface area contributed by atoms with Crippen molar-refractivity contribution in [1.82, 2.24) is 15.2 Å². The molecule has 0 fully saturated rings. The van der Waals surface area contributed by atoms with Gasteiger partial charge in [0.05, 0.1) is 6.20 Å². The van der Waals surface area contributed by atoms with Crippen LogP contribution in [0.4, 0.5) is 23.1 Å². The third kappa shape index (κ3) is 3.76. The molecule has 0 radical (unpaired) electrons. The maximum absolute atomic E-state index is 4.55. The predicted octanol–water partition coefficient (Wildman–Crippen LogP) is 4.85. The lowest BCUT2D eigenvalue weighted by Gasteiger charge is -2.14. The minimum atomic E-state index is 0.485. The van der Waals surface area contributed by atoms with Crippen molar-refractivity contribution < 1.29 is 0 Å². The number of rotatable bonds is 5. The molecule has 0 saturated heterocycles. The average Bonchev–Trinajstić information content (AvgIpc) is 2.61. The Labute approximate surface area is 148 Å². The van der Waals surface area contributed by atoms with Crippen LogP contribution in [0.1, 0.15) is 29.2 Å². The fourth-order valence-electron chi connectivity index (χ4n) is 2.76. The Morgan fingerprint density at radius 3 is 2.48 bits per heavy atom. The van der Waals surface area contributed by atoms with Crippen LogP contribution in [0.5, 0.6) is 0 Å². The summed E-state index contributed by atoms with van der Waals surface area (Å²) in [6.07, 6.45) is 2.57. The van der Waals surface area contributed by atoms with Crippen molar-refractivity contribution in [3.63, 3.8) is 0 Å². The Bertz CT molecular complexity index is 889. The standard InChI is InChI=1S/C20H23N5/c1-5-16-10-6-9-14(3)19(16)24-20-23-18(12-21-25-20)22-17-11-7-8-13(2)15(17)4/h6-12H,5H2,1-4H3,(H2,22,23,24,25). The van der Waals surface area contributed by atoms with E-state index in [4.69, 9.17) is 0 Å². The molecular weight excluding hydrogens is 310 g/mol. The van der Waals surface area contributed by atoms with Gasteiger partial charge in [-0.15, -0.1) is 5.10 Å². The van der Waals surface area contributed by atoms with Crippen LogP contribution in [-0.2, 0) is 6.42 Å². The molecule has 25 heavy (non-hydrogen) atoms. The number of para-hydroxylation sites is 1. The van der Waals surface area contributed by atoms with Gasteiger partial charge >= 0.3 is 0 Å². The van der Waals surface area contributed by atoms with Crippen LogP contribution in [0.3, 0.4) is 0 Å². The van der Waals surface area contributed by atoms with E-state index >= 15 is 0 Å². The third-order valence-electron chi connectivity index (χ3n) is 4.40. The molecule has 3 aromatic rings. The second kappa shape index (κ2) is 7.30. The molecule has 1 aromatic heterocycles. The number of nitrogens with zero attached hydrogens (tertiary/aromatic N) is 3. The highest BCUT2D eigenvalue weighted by Crippen LogP contribution is 2.25. The van der Waals surface area contributed by atoms with Gasteiger partial charge in [0.25, 0.3) is 0 Å². The number of aromatic nitrogens is 3. The van der Waals surface area contributed by atoms with E-state index < -0.39 is 0 Å². The summed E-state index contributed by atoms with van der Waals surface area (Å²) in [6, 6.07) is 12.4. The highest BCUT2D eigenvalue weighted by molar-refractivity contribution is 5.65. The minimum Gasteiger partial charge on any atom is -0.339 e. The zero-order chi connectivity index (χ0) is 17.8. The SMILES string of the molecule is CCc1cccc(C)c1Nc1nncc(Nc2cccc(C)c2C)n1. The summed E-state index contributed by atoms with van der Waals surface area (Å²) in [6.45, 7) is 8.40.